The molecule has 1 aliphatic carbocycles. The highest BCUT2D eigenvalue weighted by atomic mass is 35.5. The van der Waals surface area contributed by atoms with Gasteiger partial charge in [-0.1, -0.05) is 11.6 Å². The summed E-state index contributed by atoms with van der Waals surface area (Å²) in [6.45, 7) is 0. The van der Waals surface area contributed by atoms with E-state index in [1.165, 1.54) is 11.3 Å². The fourth-order valence-corrected chi connectivity index (χ4v) is 2.98. The summed E-state index contributed by atoms with van der Waals surface area (Å²) in [5, 5.41) is 9.58. The quantitative estimate of drug-likeness (QED) is 0.793. The van der Waals surface area contributed by atoms with Crippen molar-refractivity contribution in [2.45, 2.75) is 25.3 Å². The Hall–Kier alpha value is -1.27. The zero-order valence-electron chi connectivity index (χ0n) is 9.61. The lowest BCUT2D eigenvalue weighted by Gasteiger charge is -2.35. The van der Waals surface area contributed by atoms with Gasteiger partial charge in [-0.25, -0.2) is 4.79 Å². The van der Waals surface area contributed by atoms with Gasteiger partial charge in [-0.05, 0) is 18.8 Å². The Morgan fingerprint density at radius 2 is 2.17 bits per heavy atom. The molecule has 1 heterocycles. The summed E-state index contributed by atoms with van der Waals surface area (Å²) >= 11 is 7.29. The molecule has 18 heavy (non-hydrogen) atoms. The van der Waals surface area contributed by atoms with Crippen LogP contribution in [0.2, 0.25) is 5.02 Å². The number of hydrogen-bond donors (Lipinski definition) is 3. The molecule has 1 fully saturated rings. The normalized spacial score (nSPS) is 22.1. The molecule has 1 aromatic heterocycles. The van der Waals surface area contributed by atoms with E-state index in [9.17, 15) is 9.59 Å². The van der Waals surface area contributed by atoms with Crippen molar-refractivity contribution in [1.82, 2.24) is 5.32 Å². The summed E-state index contributed by atoms with van der Waals surface area (Å²) in [6, 6.07) is -0.149. The molecule has 2 rings (SSSR count). The van der Waals surface area contributed by atoms with Crippen LogP contribution in [-0.2, 0) is 4.79 Å². The predicted octanol–water partition coefficient (Wildman–Crippen LogP) is 2.18. The van der Waals surface area contributed by atoms with E-state index in [2.05, 4.69) is 10.6 Å². The van der Waals surface area contributed by atoms with Crippen molar-refractivity contribution in [3.63, 3.8) is 0 Å². The second kappa shape index (κ2) is 5.58. The van der Waals surface area contributed by atoms with Gasteiger partial charge in [0.15, 0.2) is 0 Å². The van der Waals surface area contributed by atoms with Crippen LogP contribution in [-0.4, -0.2) is 18.0 Å². The molecule has 0 aromatic carbocycles. The number of anilines is 1. The third-order valence-corrected chi connectivity index (χ3v) is 4.11. The van der Waals surface area contributed by atoms with Crippen molar-refractivity contribution in [3.8, 4) is 0 Å². The van der Waals surface area contributed by atoms with Gasteiger partial charge in [0.2, 0.25) is 5.91 Å². The Labute approximate surface area is 114 Å². The number of halogens is 1. The van der Waals surface area contributed by atoms with Crippen LogP contribution in [0.25, 0.3) is 0 Å². The van der Waals surface area contributed by atoms with Gasteiger partial charge in [-0.15, -0.1) is 11.3 Å². The first-order chi connectivity index (χ1) is 8.54. The van der Waals surface area contributed by atoms with E-state index in [1.807, 2.05) is 0 Å². The van der Waals surface area contributed by atoms with Crippen molar-refractivity contribution in [1.29, 1.82) is 0 Å². The topological polar surface area (TPSA) is 84.2 Å². The van der Waals surface area contributed by atoms with Crippen LogP contribution in [0, 0.1) is 5.92 Å². The van der Waals surface area contributed by atoms with Crippen LogP contribution in [0.15, 0.2) is 10.8 Å². The molecule has 0 bridgehead atoms. The van der Waals surface area contributed by atoms with Crippen LogP contribution >= 0.6 is 22.9 Å². The fourth-order valence-electron chi connectivity index (χ4n) is 2.02. The zero-order chi connectivity index (χ0) is 13.1. The second-order valence-corrected chi connectivity index (χ2v) is 5.59. The number of urea groups is 1. The van der Waals surface area contributed by atoms with Gasteiger partial charge in [0, 0.05) is 23.2 Å². The number of nitrogens with one attached hydrogen (secondary N) is 2. The molecule has 0 saturated heterocycles. The SMILES string of the molecule is NC(=O)CC1CC(NC(=O)Nc2cscc2Cl)C1. The molecular weight excluding hydrogens is 274 g/mol. The Kier molecular flexibility index (Phi) is 4.08. The molecule has 1 aromatic rings. The average Bonchev–Trinajstić information content (AvgIpc) is 2.60. The monoisotopic (exact) mass is 287 g/mol. The maximum atomic E-state index is 11.6. The lowest BCUT2D eigenvalue weighted by atomic mass is 9.78. The lowest BCUT2D eigenvalue weighted by molar-refractivity contribution is -0.119. The van der Waals surface area contributed by atoms with Crippen LogP contribution in [0.5, 0.6) is 0 Å². The first-order valence-electron chi connectivity index (χ1n) is 5.62. The van der Waals surface area contributed by atoms with Crippen molar-refractivity contribution in [3.05, 3.63) is 15.8 Å². The zero-order valence-corrected chi connectivity index (χ0v) is 11.2. The molecule has 0 atom stereocenters. The molecular formula is C11H14ClN3O2S. The van der Waals surface area contributed by atoms with E-state index < -0.39 is 0 Å². The number of carbonyl (C=O) groups is 2. The summed E-state index contributed by atoms with van der Waals surface area (Å²) in [7, 11) is 0. The third-order valence-electron chi connectivity index (χ3n) is 2.92. The highest BCUT2D eigenvalue weighted by Crippen LogP contribution is 2.30. The lowest BCUT2D eigenvalue weighted by Crippen LogP contribution is -2.46. The molecule has 7 heteroatoms. The maximum absolute atomic E-state index is 11.6. The minimum Gasteiger partial charge on any atom is -0.370 e. The molecule has 0 spiro atoms. The summed E-state index contributed by atoms with van der Waals surface area (Å²) in [6.07, 6.45) is 2.00. The smallest absolute Gasteiger partial charge is 0.319 e. The van der Waals surface area contributed by atoms with E-state index in [4.69, 9.17) is 17.3 Å². The molecule has 5 nitrogen and oxygen atoms in total. The Morgan fingerprint density at radius 3 is 2.72 bits per heavy atom. The van der Waals surface area contributed by atoms with E-state index in [1.54, 1.807) is 10.8 Å². The predicted molar refractivity (Wildman–Crippen MR) is 71.8 cm³/mol. The van der Waals surface area contributed by atoms with Crippen LogP contribution in [0.3, 0.4) is 0 Å². The van der Waals surface area contributed by atoms with E-state index in [0.717, 1.165) is 12.8 Å². The molecule has 0 radical (unpaired) electrons. The summed E-state index contributed by atoms with van der Waals surface area (Å²) in [4.78, 5) is 22.3. The number of hydrogen-bond acceptors (Lipinski definition) is 3. The van der Waals surface area contributed by atoms with Gasteiger partial charge >= 0.3 is 6.03 Å². The summed E-state index contributed by atoms with van der Waals surface area (Å²) in [5.41, 5.74) is 5.72. The minimum absolute atomic E-state index is 0.117. The van der Waals surface area contributed by atoms with Gasteiger partial charge in [0.05, 0.1) is 10.7 Å². The molecule has 0 unspecified atom stereocenters. The highest BCUT2D eigenvalue weighted by molar-refractivity contribution is 7.09. The van der Waals surface area contributed by atoms with Gasteiger partial charge in [-0.2, -0.15) is 0 Å². The van der Waals surface area contributed by atoms with Crippen molar-refractivity contribution >= 4 is 40.6 Å². The van der Waals surface area contributed by atoms with E-state index in [0.29, 0.717) is 23.0 Å². The standard InChI is InChI=1S/C11H14ClN3O2S/c12-8-4-18-5-9(8)15-11(17)14-7-1-6(2-7)3-10(13)16/h4-7H,1-3H2,(H2,13,16)(H2,14,15,17). The highest BCUT2D eigenvalue weighted by Gasteiger charge is 2.31. The first kappa shape index (κ1) is 13.2. The molecule has 98 valence electrons. The minimum atomic E-state index is -0.284. The largest absolute Gasteiger partial charge is 0.370 e. The Balaban J connectivity index is 1.71. The molecule has 3 amide bonds. The van der Waals surface area contributed by atoms with E-state index >= 15 is 0 Å². The number of primary amides is 1. The molecule has 1 saturated carbocycles. The van der Waals surface area contributed by atoms with Crippen LogP contribution < -0.4 is 16.4 Å². The first-order valence-corrected chi connectivity index (χ1v) is 6.94. The average molecular weight is 288 g/mol. The summed E-state index contributed by atoms with van der Waals surface area (Å²) < 4.78 is 0. The number of carbonyl (C=O) groups excluding carboxylic acids is 2. The van der Waals surface area contributed by atoms with Crippen molar-refractivity contribution < 1.29 is 9.59 Å². The molecule has 0 aliphatic heterocycles. The number of amides is 3. The Bertz CT molecular complexity index is 457. The third kappa shape index (κ3) is 3.36. The Morgan fingerprint density at radius 1 is 1.44 bits per heavy atom. The van der Waals surface area contributed by atoms with Crippen molar-refractivity contribution in [2.24, 2.45) is 11.7 Å². The fraction of sp³-hybridized carbons (Fsp3) is 0.455. The molecule has 4 N–H and O–H groups in total. The number of thiophene rings is 1. The van der Waals surface area contributed by atoms with Crippen LogP contribution in [0.1, 0.15) is 19.3 Å². The summed E-state index contributed by atoms with van der Waals surface area (Å²) in [5.74, 6) is 0.0190. The molecule has 1 aliphatic rings. The van der Waals surface area contributed by atoms with Crippen LogP contribution in [0.4, 0.5) is 10.5 Å². The van der Waals surface area contributed by atoms with Gasteiger partial charge < -0.3 is 16.4 Å². The van der Waals surface area contributed by atoms with Crippen molar-refractivity contribution in [2.75, 3.05) is 5.32 Å². The van der Waals surface area contributed by atoms with E-state index in [-0.39, 0.29) is 18.0 Å². The number of rotatable bonds is 4. The number of nitrogens with two attached hydrogens (primary N) is 1. The van der Waals surface area contributed by atoms with Gasteiger partial charge in [0.25, 0.3) is 0 Å². The maximum Gasteiger partial charge on any atom is 0.319 e. The second-order valence-electron chi connectivity index (χ2n) is 4.44. The van der Waals surface area contributed by atoms with Gasteiger partial charge in [0.1, 0.15) is 0 Å². The van der Waals surface area contributed by atoms with Gasteiger partial charge in [-0.3, -0.25) is 4.79 Å².